The number of carbonyl (C=O) groups is 2. The van der Waals surface area contributed by atoms with Gasteiger partial charge in [-0.15, -0.1) is 0 Å². The van der Waals surface area contributed by atoms with Crippen molar-refractivity contribution in [3.8, 4) is 0 Å². The van der Waals surface area contributed by atoms with E-state index in [0.717, 1.165) is 16.8 Å². The number of carboxylic acid groups (broad SMARTS) is 1. The maximum absolute atomic E-state index is 13.2. The molecule has 2 aromatic rings. The van der Waals surface area contributed by atoms with Gasteiger partial charge in [0.15, 0.2) is 5.65 Å². The van der Waals surface area contributed by atoms with Gasteiger partial charge in [0.25, 0.3) is 5.91 Å². The first-order valence-corrected chi connectivity index (χ1v) is 9.68. The molecule has 0 radical (unpaired) electrons. The van der Waals surface area contributed by atoms with Gasteiger partial charge in [-0.2, -0.15) is 5.10 Å². The van der Waals surface area contributed by atoms with Gasteiger partial charge in [-0.1, -0.05) is 13.8 Å². The third-order valence-corrected chi connectivity index (χ3v) is 4.72. The van der Waals surface area contributed by atoms with E-state index in [-0.39, 0.29) is 23.8 Å². The predicted molar refractivity (Wildman–Crippen MR) is 110 cm³/mol. The average Bonchev–Trinajstić information content (AvgIpc) is 2.89. The van der Waals surface area contributed by atoms with Crippen LogP contribution < -0.4 is 5.32 Å². The molecule has 7 heteroatoms. The highest BCUT2D eigenvalue weighted by Crippen LogP contribution is 2.29. The minimum absolute atomic E-state index is 0.00271. The van der Waals surface area contributed by atoms with Gasteiger partial charge in [-0.3, -0.25) is 9.59 Å². The van der Waals surface area contributed by atoms with Crippen molar-refractivity contribution in [2.24, 2.45) is 0 Å². The maximum atomic E-state index is 13.2. The van der Waals surface area contributed by atoms with E-state index in [4.69, 9.17) is 10.1 Å². The molecule has 2 rings (SSSR count). The topological polar surface area (TPSA) is 97.1 Å². The van der Waals surface area contributed by atoms with Gasteiger partial charge in [-0.05, 0) is 59.9 Å². The van der Waals surface area contributed by atoms with E-state index in [1.54, 1.807) is 0 Å². The van der Waals surface area contributed by atoms with E-state index in [1.807, 2.05) is 45.4 Å². The van der Waals surface area contributed by atoms with E-state index in [2.05, 4.69) is 31.2 Å². The summed E-state index contributed by atoms with van der Waals surface area (Å²) in [6.07, 6.45) is 0.344. The maximum Gasteiger partial charge on any atom is 0.303 e. The Kier molecular flexibility index (Phi) is 5.87. The summed E-state index contributed by atoms with van der Waals surface area (Å²) in [6.45, 7) is 15.8. The zero-order chi connectivity index (χ0) is 21.4. The van der Waals surface area contributed by atoms with Crippen LogP contribution in [0.15, 0.2) is 6.07 Å². The van der Waals surface area contributed by atoms with Crippen molar-refractivity contribution in [2.75, 3.05) is 0 Å². The third kappa shape index (κ3) is 4.69. The molecule has 0 spiro atoms. The summed E-state index contributed by atoms with van der Waals surface area (Å²) in [7, 11) is 0. The Bertz CT molecular complexity index is 904. The van der Waals surface area contributed by atoms with Crippen molar-refractivity contribution in [2.45, 2.75) is 85.2 Å². The van der Waals surface area contributed by atoms with E-state index in [1.165, 1.54) is 0 Å². The average molecular weight is 389 g/mol. The van der Waals surface area contributed by atoms with Crippen LogP contribution in [-0.4, -0.2) is 37.3 Å². The lowest BCUT2D eigenvalue weighted by molar-refractivity contribution is -0.137. The number of aliphatic carboxylic acids is 1. The van der Waals surface area contributed by atoms with E-state index < -0.39 is 11.5 Å². The van der Waals surface area contributed by atoms with Crippen molar-refractivity contribution in [1.82, 2.24) is 20.1 Å². The molecule has 0 aliphatic carbocycles. The standard InChI is InChI=1S/C21H32N4O3/c1-12(2)15-11-14(19(28)23-21(7,8)10-9-16(26)27)17-13(3)24-25(18(17)22-15)20(4,5)6/h11-12H,9-10H2,1-8H3,(H,23,28)(H,26,27). The number of hydrogen-bond acceptors (Lipinski definition) is 4. The summed E-state index contributed by atoms with van der Waals surface area (Å²) in [4.78, 5) is 28.9. The summed E-state index contributed by atoms with van der Waals surface area (Å²) in [5, 5.41) is 17.3. The van der Waals surface area contributed by atoms with E-state index >= 15 is 0 Å². The molecule has 2 N–H and O–H groups in total. The van der Waals surface area contributed by atoms with E-state index in [0.29, 0.717) is 17.6 Å². The van der Waals surface area contributed by atoms with Gasteiger partial charge < -0.3 is 10.4 Å². The van der Waals surface area contributed by atoms with Crippen LogP contribution in [-0.2, 0) is 10.3 Å². The molecule has 28 heavy (non-hydrogen) atoms. The Morgan fingerprint density at radius 2 is 1.82 bits per heavy atom. The van der Waals surface area contributed by atoms with Crippen LogP contribution in [0.2, 0.25) is 0 Å². The molecule has 0 unspecified atom stereocenters. The summed E-state index contributed by atoms with van der Waals surface area (Å²) in [6, 6.07) is 1.83. The fraction of sp³-hybridized carbons (Fsp3) is 0.619. The van der Waals surface area contributed by atoms with Crippen molar-refractivity contribution in [3.63, 3.8) is 0 Å². The Balaban J connectivity index is 2.58. The summed E-state index contributed by atoms with van der Waals surface area (Å²) < 4.78 is 1.87. The molecule has 0 atom stereocenters. The van der Waals surface area contributed by atoms with Crippen molar-refractivity contribution in [3.05, 3.63) is 23.0 Å². The number of rotatable bonds is 6. The van der Waals surface area contributed by atoms with Gasteiger partial charge >= 0.3 is 5.97 Å². The zero-order valence-corrected chi connectivity index (χ0v) is 18.2. The van der Waals surface area contributed by atoms with Gasteiger partial charge in [0.1, 0.15) is 0 Å². The molecule has 2 heterocycles. The number of amides is 1. The molecule has 0 aliphatic rings. The van der Waals surface area contributed by atoms with Crippen LogP contribution in [0.4, 0.5) is 0 Å². The fourth-order valence-electron chi connectivity index (χ4n) is 3.11. The molecular formula is C21H32N4O3. The molecule has 0 aliphatic heterocycles. The predicted octanol–water partition coefficient (Wildman–Crippen LogP) is 3.99. The lowest BCUT2D eigenvalue weighted by atomic mass is 9.96. The molecule has 0 saturated carbocycles. The summed E-state index contributed by atoms with van der Waals surface area (Å²) in [5.41, 5.74) is 1.89. The van der Waals surface area contributed by atoms with Crippen LogP contribution in [0, 0.1) is 6.92 Å². The molecule has 2 aromatic heterocycles. The molecular weight excluding hydrogens is 356 g/mol. The molecule has 0 saturated heterocycles. The smallest absolute Gasteiger partial charge is 0.303 e. The highest BCUT2D eigenvalue weighted by atomic mass is 16.4. The highest BCUT2D eigenvalue weighted by Gasteiger charge is 2.28. The van der Waals surface area contributed by atoms with Crippen LogP contribution >= 0.6 is 0 Å². The summed E-state index contributed by atoms with van der Waals surface area (Å²) in [5.74, 6) is -0.959. The van der Waals surface area contributed by atoms with Gasteiger partial charge in [0.2, 0.25) is 0 Å². The monoisotopic (exact) mass is 388 g/mol. The minimum Gasteiger partial charge on any atom is -0.481 e. The van der Waals surface area contributed by atoms with Crippen molar-refractivity contribution >= 4 is 22.9 Å². The van der Waals surface area contributed by atoms with Crippen LogP contribution in [0.1, 0.15) is 89.0 Å². The van der Waals surface area contributed by atoms with Gasteiger partial charge in [0.05, 0.1) is 22.2 Å². The first kappa shape index (κ1) is 21.9. The Hall–Kier alpha value is -2.44. The second-order valence-corrected chi connectivity index (χ2v) is 9.35. The number of fused-ring (bicyclic) bond motifs is 1. The van der Waals surface area contributed by atoms with E-state index in [9.17, 15) is 9.59 Å². The second-order valence-electron chi connectivity index (χ2n) is 9.35. The largest absolute Gasteiger partial charge is 0.481 e. The zero-order valence-electron chi connectivity index (χ0n) is 18.2. The van der Waals surface area contributed by atoms with Crippen LogP contribution in [0.5, 0.6) is 0 Å². The number of aryl methyl sites for hydroxylation is 1. The van der Waals surface area contributed by atoms with Gasteiger partial charge in [0, 0.05) is 17.7 Å². The normalized spacial score (nSPS) is 12.6. The first-order chi connectivity index (χ1) is 12.7. The number of pyridine rings is 1. The van der Waals surface area contributed by atoms with Crippen LogP contribution in [0.25, 0.3) is 11.0 Å². The number of hydrogen-bond donors (Lipinski definition) is 2. The molecule has 7 nitrogen and oxygen atoms in total. The lowest BCUT2D eigenvalue weighted by Gasteiger charge is -2.26. The van der Waals surface area contributed by atoms with Gasteiger partial charge in [-0.25, -0.2) is 9.67 Å². The Labute approximate surface area is 166 Å². The Morgan fingerprint density at radius 1 is 1.21 bits per heavy atom. The number of nitrogens with one attached hydrogen (secondary N) is 1. The highest BCUT2D eigenvalue weighted by molar-refractivity contribution is 6.07. The lowest BCUT2D eigenvalue weighted by Crippen LogP contribution is -2.43. The SMILES string of the molecule is Cc1nn(C(C)(C)C)c2nc(C(C)C)cc(C(=O)NC(C)(C)CCC(=O)O)c12. The number of nitrogens with zero attached hydrogens (tertiary/aromatic N) is 3. The molecule has 0 aromatic carbocycles. The third-order valence-electron chi connectivity index (χ3n) is 4.72. The minimum atomic E-state index is -0.877. The quantitative estimate of drug-likeness (QED) is 0.780. The number of carbonyl (C=O) groups excluding carboxylic acids is 1. The number of aromatic nitrogens is 3. The molecule has 0 bridgehead atoms. The molecule has 154 valence electrons. The van der Waals surface area contributed by atoms with Crippen molar-refractivity contribution < 1.29 is 14.7 Å². The Morgan fingerprint density at radius 3 is 2.32 bits per heavy atom. The second kappa shape index (κ2) is 7.53. The molecule has 1 amide bonds. The first-order valence-electron chi connectivity index (χ1n) is 9.68. The van der Waals surface area contributed by atoms with Crippen LogP contribution in [0.3, 0.4) is 0 Å². The summed E-state index contributed by atoms with van der Waals surface area (Å²) >= 11 is 0. The number of carboxylic acids is 1. The fourth-order valence-corrected chi connectivity index (χ4v) is 3.11. The van der Waals surface area contributed by atoms with Crippen molar-refractivity contribution in [1.29, 1.82) is 0 Å². The molecule has 0 fully saturated rings.